The van der Waals surface area contributed by atoms with Gasteiger partial charge in [-0.05, 0) is 30.3 Å². The zero-order valence-electron chi connectivity index (χ0n) is 11.5. The van der Waals surface area contributed by atoms with Crippen molar-refractivity contribution in [3.8, 4) is 11.5 Å². The predicted octanol–water partition coefficient (Wildman–Crippen LogP) is 2.69. The normalized spacial score (nSPS) is 11.1. The molecule has 0 fully saturated rings. The highest BCUT2D eigenvalue weighted by molar-refractivity contribution is 7.91. The van der Waals surface area contributed by atoms with E-state index < -0.39 is 15.7 Å². The number of benzene rings is 2. The quantitative estimate of drug-likeness (QED) is 0.823. The van der Waals surface area contributed by atoms with E-state index in [1.54, 1.807) is 24.3 Å². The van der Waals surface area contributed by atoms with Crippen LogP contribution in [-0.2, 0) is 9.84 Å². The first-order valence-corrected chi connectivity index (χ1v) is 7.92. The van der Waals surface area contributed by atoms with Crippen LogP contribution < -0.4 is 9.47 Å². The van der Waals surface area contributed by atoms with Crippen LogP contribution in [0.4, 0.5) is 4.39 Å². The van der Waals surface area contributed by atoms with Gasteiger partial charge in [-0.25, -0.2) is 12.8 Å². The maximum atomic E-state index is 13.1. The van der Waals surface area contributed by atoms with Gasteiger partial charge >= 0.3 is 0 Å². The third-order valence-corrected chi connectivity index (χ3v) is 4.51. The molecule has 0 radical (unpaired) electrons. The summed E-state index contributed by atoms with van der Waals surface area (Å²) in [6, 6.07) is 11.9. The lowest BCUT2D eigenvalue weighted by Gasteiger charge is -2.10. The highest BCUT2D eigenvalue weighted by Crippen LogP contribution is 2.25. The Morgan fingerprint density at radius 1 is 1.05 bits per heavy atom. The fourth-order valence-electron chi connectivity index (χ4n) is 1.78. The van der Waals surface area contributed by atoms with Crippen molar-refractivity contribution in [3.63, 3.8) is 0 Å². The largest absolute Gasteiger partial charge is 0.493 e. The van der Waals surface area contributed by atoms with Crippen LogP contribution >= 0.6 is 0 Å². The molecule has 6 heteroatoms. The molecule has 0 N–H and O–H groups in total. The molecule has 2 rings (SSSR count). The minimum atomic E-state index is -3.58. The maximum absolute atomic E-state index is 13.1. The summed E-state index contributed by atoms with van der Waals surface area (Å²) in [6.07, 6.45) is 0. The van der Waals surface area contributed by atoms with Crippen molar-refractivity contribution >= 4 is 9.84 Å². The first-order chi connectivity index (χ1) is 10.0. The third-order valence-electron chi connectivity index (χ3n) is 2.83. The van der Waals surface area contributed by atoms with Crippen LogP contribution in [-0.4, -0.2) is 27.9 Å². The SMILES string of the molecule is COc1ccccc1OCCS(=O)(=O)c1cccc(F)c1. The van der Waals surface area contributed by atoms with Gasteiger partial charge in [-0.2, -0.15) is 0 Å². The van der Waals surface area contributed by atoms with Gasteiger partial charge in [0.1, 0.15) is 12.4 Å². The standard InChI is InChI=1S/C15H15FO4S/c1-19-14-7-2-3-8-15(14)20-9-10-21(17,18)13-6-4-5-12(16)11-13/h2-8,11H,9-10H2,1H3. The lowest BCUT2D eigenvalue weighted by molar-refractivity contribution is 0.311. The number of halogens is 1. The van der Waals surface area contributed by atoms with Gasteiger partial charge in [0.05, 0.1) is 17.8 Å². The van der Waals surface area contributed by atoms with E-state index in [0.29, 0.717) is 11.5 Å². The molecular weight excluding hydrogens is 295 g/mol. The Labute approximate surface area is 123 Å². The molecule has 21 heavy (non-hydrogen) atoms. The molecule has 2 aromatic carbocycles. The summed E-state index contributed by atoms with van der Waals surface area (Å²) in [5, 5.41) is 0. The van der Waals surface area contributed by atoms with Crippen LogP contribution in [0.2, 0.25) is 0 Å². The van der Waals surface area contributed by atoms with Crippen LogP contribution in [0.15, 0.2) is 53.4 Å². The number of hydrogen-bond donors (Lipinski definition) is 0. The molecule has 0 heterocycles. The van der Waals surface area contributed by atoms with Crippen LogP contribution in [0.1, 0.15) is 0 Å². The highest BCUT2D eigenvalue weighted by atomic mass is 32.2. The van der Waals surface area contributed by atoms with Crippen molar-refractivity contribution in [2.75, 3.05) is 19.5 Å². The molecule has 0 saturated carbocycles. The second-order valence-corrected chi connectivity index (χ2v) is 6.38. The van der Waals surface area contributed by atoms with E-state index in [1.807, 2.05) is 0 Å². The van der Waals surface area contributed by atoms with E-state index in [0.717, 1.165) is 6.07 Å². The van der Waals surface area contributed by atoms with Crippen LogP contribution in [0, 0.1) is 5.82 Å². The van der Waals surface area contributed by atoms with Gasteiger partial charge < -0.3 is 9.47 Å². The van der Waals surface area contributed by atoms with E-state index in [4.69, 9.17) is 9.47 Å². The summed E-state index contributed by atoms with van der Waals surface area (Å²) in [5.41, 5.74) is 0. The fraction of sp³-hybridized carbons (Fsp3) is 0.200. The molecule has 0 aromatic heterocycles. The molecule has 0 amide bonds. The first kappa shape index (κ1) is 15.3. The van der Waals surface area contributed by atoms with Crippen molar-refractivity contribution in [2.45, 2.75) is 4.90 Å². The molecule has 0 saturated heterocycles. The van der Waals surface area contributed by atoms with E-state index in [-0.39, 0.29) is 17.3 Å². The van der Waals surface area contributed by atoms with Crippen molar-refractivity contribution < 1.29 is 22.3 Å². The van der Waals surface area contributed by atoms with Crippen LogP contribution in [0.5, 0.6) is 11.5 Å². The number of rotatable bonds is 6. The molecule has 0 aliphatic heterocycles. The van der Waals surface area contributed by atoms with Gasteiger partial charge in [0.2, 0.25) is 0 Å². The van der Waals surface area contributed by atoms with Gasteiger partial charge in [-0.15, -0.1) is 0 Å². The Bertz CT molecular complexity index is 713. The van der Waals surface area contributed by atoms with Gasteiger partial charge in [0.15, 0.2) is 21.3 Å². The number of methoxy groups -OCH3 is 1. The molecular formula is C15H15FO4S. The molecule has 112 valence electrons. The van der Waals surface area contributed by atoms with E-state index in [1.165, 1.54) is 25.3 Å². The van der Waals surface area contributed by atoms with Gasteiger partial charge in [0, 0.05) is 0 Å². The average Bonchev–Trinajstić information content (AvgIpc) is 2.47. The highest BCUT2D eigenvalue weighted by Gasteiger charge is 2.15. The van der Waals surface area contributed by atoms with Crippen molar-refractivity contribution in [1.82, 2.24) is 0 Å². The molecule has 0 unspecified atom stereocenters. The summed E-state index contributed by atoms with van der Waals surface area (Å²) >= 11 is 0. The van der Waals surface area contributed by atoms with E-state index in [9.17, 15) is 12.8 Å². The zero-order valence-corrected chi connectivity index (χ0v) is 12.3. The molecule has 2 aromatic rings. The average molecular weight is 310 g/mol. The first-order valence-electron chi connectivity index (χ1n) is 6.27. The second-order valence-electron chi connectivity index (χ2n) is 4.28. The lowest BCUT2D eigenvalue weighted by atomic mass is 10.3. The fourth-order valence-corrected chi connectivity index (χ4v) is 2.89. The van der Waals surface area contributed by atoms with Gasteiger partial charge in [0.25, 0.3) is 0 Å². The van der Waals surface area contributed by atoms with Gasteiger partial charge in [-0.3, -0.25) is 0 Å². The van der Waals surface area contributed by atoms with Crippen molar-refractivity contribution in [1.29, 1.82) is 0 Å². The molecule has 0 bridgehead atoms. The molecule has 0 spiro atoms. The predicted molar refractivity (Wildman–Crippen MR) is 76.9 cm³/mol. The summed E-state index contributed by atoms with van der Waals surface area (Å²) in [7, 11) is -2.07. The van der Waals surface area contributed by atoms with Gasteiger partial charge in [-0.1, -0.05) is 18.2 Å². The maximum Gasteiger partial charge on any atom is 0.181 e. The topological polar surface area (TPSA) is 52.6 Å². The smallest absolute Gasteiger partial charge is 0.181 e. The molecule has 0 aliphatic carbocycles. The van der Waals surface area contributed by atoms with Crippen LogP contribution in [0.25, 0.3) is 0 Å². The van der Waals surface area contributed by atoms with E-state index >= 15 is 0 Å². The summed E-state index contributed by atoms with van der Waals surface area (Å²) < 4.78 is 47.7. The van der Waals surface area contributed by atoms with Crippen molar-refractivity contribution in [2.24, 2.45) is 0 Å². The third kappa shape index (κ3) is 3.95. The Hall–Kier alpha value is -2.08. The monoisotopic (exact) mass is 310 g/mol. The lowest BCUT2D eigenvalue weighted by Crippen LogP contribution is -2.14. The molecule has 0 aliphatic rings. The number of para-hydroxylation sites is 2. The number of ether oxygens (including phenoxy) is 2. The Balaban J connectivity index is 2.03. The zero-order chi connectivity index (χ0) is 15.3. The van der Waals surface area contributed by atoms with Crippen molar-refractivity contribution in [3.05, 3.63) is 54.3 Å². The Kier molecular flexibility index (Phi) is 4.80. The Morgan fingerprint density at radius 2 is 1.76 bits per heavy atom. The summed E-state index contributed by atoms with van der Waals surface area (Å²) in [4.78, 5) is -0.0499. The molecule has 4 nitrogen and oxygen atoms in total. The summed E-state index contributed by atoms with van der Waals surface area (Å²) in [5.74, 6) is 0.172. The number of hydrogen-bond acceptors (Lipinski definition) is 4. The summed E-state index contributed by atoms with van der Waals surface area (Å²) in [6.45, 7) is -0.0424. The minimum Gasteiger partial charge on any atom is -0.493 e. The molecule has 0 atom stereocenters. The van der Waals surface area contributed by atoms with E-state index in [2.05, 4.69) is 0 Å². The number of sulfone groups is 1. The second kappa shape index (κ2) is 6.58. The Morgan fingerprint density at radius 3 is 2.43 bits per heavy atom. The minimum absolute atomic E-state index is 0.0424. The van der Waals surface area contributed by atoms with Crippen LogP contribution in [0.3, 0.4) is 0 Å².